The Morgan fingerprint density at radius 2 is 1.57 bits per heavy atom. The van der Waals surface area contributed by atoms with E-state index in [1.165, 1.54) is 27.4 Å². The summed E-state index contributed by atoms with van der Waals surface area (Å²) in [6.45, 7) is 0. The van der Waals surface area contributed by atoms with E-state index in [1.54, 1.807) is 42.5 Å². The topological polar surface area (TPSA) is 126 Å². The number of methoxy groups -OCH3 is 3. The molecule has 0 aromatic heterocycles. The Morgan fingerprint density at radius 1 is 0.967 bits per heavy atom. The van der Waals surface area contributed by atoms with E-state index in [1.807, 2.05) is 5.32 Å². The van der Waals surface area contributed by atoms with Gasteiger partial charge in [0.1, 0.15) is 0 Å². The van der Waals surface area contributed by atoms with E-state index in [0.717, 1.165) is 6.08 Å². The standard InChI is InChI=1S/C21H22N2O7/c1-27-15-11-13(12-16(28-2)19(15)29-3)9-10-17(24)30-18(20(25)23-21(22)26)14-7-5-4-6-8-14/h4-12,18H,1-3H3,(H3,22,23,25,26)/b10-9+/t18-/m1/s1. The van der Waals surface area contributed by atoms with E-state index >= 15 is 0 Å². The van der Waals surface area contributed by atoms with Crippen molar-refractivity contribution in [2.45, 2.75) is 6.10 Å². The van der Waals surface area contributed by atoms with Crippen LogP contribution in [-0.4, -0.2) is 39.2 Å². The largest absolute Gasteiger partial charge is 0.493 e. The summed E-state index contributed by atoms with van der Waals surface area (Å²) in [5, 5.41) is 1.91. The Hall–Kier alpha value is -4.01. The molecular weight excluding hydrogens is 392 g/mol. The molecule has 0 fully saturated rings. The number of urea groups is 1. The zero-order valence-corrected chi connectivity index (χ0v) is 16.7. The number of hydrogen-bond donors (Lipinski definition) is 2. The lowest BCUT2D eigenvalue weighted by Crippen LogP contribution is -2.39. The van der Waals surface area contributed by atoms with Crippen molar-refractivity contribution in [3.63, 3.8) is 0 Å². The third-order valence-electron chi connectivity index (χ3n) is 3.92. The van der Waals surface area contributed by atoms with E-state index in [0.29, 0.717) is 28.4 Å². The lowest BCUT2D eigenvalue weighted by molar-refractivity contribution is -0.151. The molecule has 0 radical (unpaired) electrons. The van der Waals surface area contributed by atoms with Gasteiger partial charge in [-0.25, -0.2) is 9.59 Å². The molecule has 1 atom stereocenters. The van der Waals surface area contributed by atoms with Gasteiger partial charge in [0.15, 0.2) is 11.5 Å². The van der Waals surface area contributed by atoms with Crippen molar-refractivity contribution in [3.05, 3.63) is 59.7 Å². The quantitative estimate of drug-likeness (QED) is 0.501. The number of amides is 3. The maximum Gasteiger partial charge on any atom is 0.331 e. The van der Waals surface area contributed by atoms with Gasteiger partial charge >= 0.3 is 12.0 Å². The maximum absolute atomic E-state index is 12.3. The van der Waals surface area contributed by atoms with Crippen molar-refractivity contribution >= 4 is 24.0 Å². The monoisotopic (exact) mass is 414 g/mol. The number of benzene rings is 2. The Labute approximate surface area is 173 Å². The van der Waals surface area contributed by atoms with Gasteiger partial charge < -0.3 is 24.7 Å². The van der Waals surface area contributed by atoms with Gasteiger partial charge in [-0.15, -0.1) is 0 Å². The van der Waals surface area contributed by atoms with E-state index < -0.39 is 24.0 Å². The number of nitrogens with one attached hydrogen (secondary N) is 1. The van der Waals surface area contributed by atoms with Gasteiger partial charge in [0.25, 0.3) is 5.91 Å². The van der Waals surface area contributed by atoms with Gasteiger partial charge in [-0.3, -0.25) is 10.1 Å². The van der Waals surface area contributed by atoms with Gasteiger partial charge in [-0.05, 0) is 23.8 Å². The molecule has 0 aliphatic rings. The molecule has 2 aromatic carbocycles. The van der Waals surface area contributed by atoms with Crippen LogP contribution in [0.5, 0.6) is 17.2 Å². The van der Waals surface area contributed by atoms with Crippen molar-refractivity contribution in [1.82, 2.24) is 5.32 Å². The average molecular weight is 414 g/mol. The number of nitrogens with two attached hydrogens (primary N) is 1. The number of rotatable bonds is 8. The van der Waals surface area contributed by atoms with Crippen LogP contribution >= 0.6 is 0 Å². The maximum atomic E-state index is 12.3. The van der Waals surface area contributed by atoms with Gasteiger partial charge in [-0.2, -0.15) is 0 Å². The van der Waals surface area contributed by atoms with Crippen LogP contribution in [0.25, 0.3) is 6.08 Å². The summed E-state index contributed by atoms with van der Waals surface area (Å²) in [5.41, 5.74) is 5.94. The molecule has 3 amide bonds. The molecule has 2 aromatic rings. The molecule has 2 rings (SSSR count). The molecular formula is C21H22N2O7. The molecule has 30 heavy (non-hydrogen) atoms. The second-order valence-electron chi connectivity index (χ2n) is 5.87. The molecule has 0 saturated carbocycles. The van der Waals surface area contributed by atoms with Crippen LogP contribution in [-0.2, 0) is 14.3 Å². The summed E-state index contributed by atoms with van der Waals surface area (Å²) < 4.78 is 21.0. The normalized spacial score (nSPS) is 11.4. The number of ether oxygens (including phenoxy) is 4. The minimum absolute atomic E-state index is 0.380. The van der Waals surface area contributed by atoms with Crippen LogP contribution in [0, 0.1) is 0 Å². The van der Waals surface area contributed by atoms with Crippen molar-refractivity contribution in [2.24, 2.45) is 5.73 Å². The zero-order valence-electron chi connectivity index (χ0n) is 16.7. The molecule has 0 saturated heterocycles. The first kappa shape index (κ1) is 22.3. The van der Waals surface area contributed by atoms with E-state index in [4.69, 9.17) is 24.7 Å². The smallest absolute Gasteiger partial charge is 0.331 e. The second-order valence-corrected chi connectivity index (χ2v) is 5.87. The fraction of sp³-hybridized carbons (Fsp3) is 0.190. The summed E-state index contributed by atoms with van der Waals surface area (Å²) >= 11 is 0. The molecule has 9 nitrogen and oxygen atoms in total. The van der Waals surface area contributed by atoms with E-state index in [2.05, 4.69) is 0 Å². The summed E-state index contributed by atoms with van der Waals surface area (Å²) in [7, 11) is 4.43. The predicted molar refractivity (Wildman–Crippen MR) is 108 cm³/mol. The van der Waals surface area contributed by atoms with Crippen molar-refractivity contribution < 1.29 is 33.3 Å². The van der Waals surface area contributed by atoms with Crippen LogP contribution in [0.1, 0.15) is 17.2 Å². The van der Waals surface area contributed by atoms with E-state index in [9.17, 15) is 14.4 Å². The fourth-order valence-corrected chi connectivity index (χ4v) is 2.61. The van der Waals surface area contributed by atoms with Crippen LogP contribution < -0.4 is 25.3 Å². The summed E-state index contributed by atoms with van der Waals surface area (Å²) in [6.07, 6.45) is 1.24. The van der Waals surface area contributed by atoms with E-state index in [-0.39, 0.29) is 0 Å². The van der Waals surface area contributed by atoms with Crippen LogP contribution in [0.15, 0.2) is 48.5 Å². The molecule has 0 aliphatic carbocycles. The second kappa shape index (κ2) is 10.5. The first-order chi connectivity index (χ1) is 14.4. The predicted octanol–water partition coefficient (Wildman–Crippen LogP) is 2.21. The Kier molecular flexibility index (Phi) is 7.81. The SMILES string of the molecule is COc1cc(/C=C/C(=O)O[C@@H](C(=O)NC(N)=O)c2ccccc2)cc(OC)c1OC. The van der Waals surface area contributed by atoms with Crippen LogP contribution in [0.4, 0.5) is 4.79 Å². The number of imide groups is 1. The molecule has 0 bridgehead atoms. The summed E-state index contributed by atoms with van der Waals surface area (Å²) in [5.74, 6) is -0.437. The van der Waals surface area contributed by atoms with Gasteiger partial charge in [0, 0.05) is 11.6 Å². The highest BCUT2D eigenvalue weighted by Crippen LogP contribution is 2.38. The minimum atomic E-state index is -1.35. The highest BCUT2D eigenvalue weighted by atomic mass is 16.5. The number of esters is 1. The van der Waals surface area contributed by atoms with Crippen LogP contribution in [0.2, 0.25) is 0 Å². The average Bonchev–Trinajstić information content (AvgIpc) is 2.75. The molecule has 0 aliphatic heterocycles. The highest BCUT2D eigenvalue weighted by Gasteiger charge is 2.25. The molecule has 158 valence electrons. The molecule has 0 spiro atoms. The zero-order chi connectivity index (χ0) is 22.1. The lowest BCUT2D eigenvalue weighted by atomic mass is 10.1. The summed E-state index contributed by atoms with van der Waals surface area (Å²) in [6, 6.07) is 10.5. The molecule has 9 heteroatoms. The Balaban J connectivity index is 2.23. The van der Waals surface area contributed by atoms with Gasteiger partial charge in [-0.1, -0.05) is 30.3 Å². The number of primary amides is 1. The molecule has 3 N–H and O–H groups in total. The molecule has 0 heterocycles. The highest BCUT2D eigenvalue weighted by molar-refractivity contribution is 5.98. The van der Waals surface area contributed by atoms with Crippen molar-refractivity contribution in [2.75, 3.05) is 21.3 Å². The Morgan fingerprint density at radius 3 is 2.07 bits per heavy atom. The van der Waals surface area contributed by atoms with Gasteiger partial charge in [0.2, 0.25) is 11.9 Å². The third kappa shape index (κ3) is 5.74. The number of carbonyl (C=O) groups is 3. The van der Waals surface area contributed by atoms with Crippen molar-refractivity contribution in [1.29, 1.82) is 0 Å². The van der Waals surface area contributed by atoms with Crippen LogP contribution in [0.3, 0.4) is 0 Å². The van der Waals surface area contributed by atoms with Crippen molar-refractivity contribution in [3.8, 4) is 17.2 Å². The van der Waals surface area contributed by atoms with Gasteiger partial charge in [0.05, 0.1) is 21.3 Å². The fourth-order valence-electron chi connectivity index (χ4n) is 2.61. The Bertz CT molecular complexity index is 917. The minimum Gasteiger partial charge on any atom is -0.493 e. The third-order valence-corrected chi connectivity index (χ3v) is 3.92. The summed E-state index contributed by atoms with van der Waals surface area (Å²) in [4.78, 5) is 35.6. The molecule has 0 unspecified atom stereocenters. The lowest BCUT2D eigenvalue weighted by Gasteiger charge is -2.16. The first-order valence-corrected chi connectivity index (χ1v) is 8.73. The number of hydrogen-bond acceptors (Lipinski definition) is 7. The first-order valence-electron chi connectivity index (χ1n) is 8.73. The number of carbonyl (C=O) groups excluding carboxylic acids is 3.